The molecule has 3 N–H and O–H groups in total. The SMILES string of the molecule is NCC1CCC(C(=O)N2CCC(CCO)C2)O1. The van der Waals surface area contributed by atoms with Gasteiger partial charge in [-0.2, -0.15) is 0 Å². The van der Waals surface area contributed by atoms with Crippen molar-refractivity contribution in [2.75, 3.05) is 26.2 Å². The molecule has 0 aromatic rings. The number of hydrogen-bond acceptors (Lipinski definition) is 4. The number of likely N-dealkylation sites (tertiary alicyclic amines) is 1. The van der Waals surface area contributed by atoms with Crippen molar-refractivity contribution in [3.8, 4) is 0 Å². The lowest BCUT2D eigenvalue weighted by atomic mass is 10.1. The summed E-state index contributed by atoms with van der Waals surface area (Å²) < 4.78 is 5.61. The van der Waals surface area contributed by atoms with Crippen LogP contribution in [-0.4, -0.2) is 54.4 Å². The summed E-state index contributed by atoms with van der Waals surface area (Å²) in [6, 6.07) is 0. The number of carbonyl (C=O) groups is 1. The van der Waals surface area contributed by atoms with Gasteiger partial charge in [0.15, 0.2) is 0 Å². The summed E-state index contributed by atoms with van der Waals surface area (Å²) in [5, 5.41) is 8.89. The fourth-order valence-corrected chi connectivity index (χ4v) is 2.72. The van der Waals surface area contributed by atoms with Crippen LogP contribution in [0.5, 0.6) is 0 Å². The maximum atomic E-state index is 12.2. The van der Waals surface area contributed by atoms with Gasteiger partial charge in [-0.1, -0.05) is 0 Å². The molecule has 17 heavy (non-hydrogen) atoms. The van der Waals surface area contributed by atoms with Gasteiger partial charge in [0.05, 0.1) is 6.10 Å². The van der Waals surface area contributed by atoms with E-state index in [1.165, 1.54) is 0 Å². The number of ether oxygens (including phenoxy) is 1. The monoisotopic (exact) mass is 242 g/mol. The minimum absolute atomic E-state index is 0.0554. The Kier molecular flexibility index (Phi) is 4.36. The second kappa shape index (κ2) is 5.80. The largest absolute Gasteiger partial charge is 0.396 e. The number of hydrogen-bond donors (Lipinski definition) is 2. The summed E-state index contributed by atoms with van der Waals surface area (Å²) >= 11 is 0. The van der Waals surface area contributed by atoms with E-state index < -0.39 is 0 Å². The second-order valence-electron chi connectivity index (χ2n) is 5.01. The van der Waals surface area contributed by atoms with Gasteiger partial charge in [-0.25, -0.2) is 0 Å². The van der Waals surface area contributed by atoms with Gasteiger partial charge in [0.1, 0.15) is 6.10 Å². The van der Waals surface area contributed by atoms with E-state index in [0.717, 1.165) is 38.8 Å². The number of aliphatic hydroxyl groups is 1. The quantitative estimate of drug-likeness (QED) is 0.711. The van der Waals surface area contributed by atoms with E-state index in [1.807, 2.05) is 4.90 Å². The first-order valence-electron chi connectivity index (χ1n) is 6.49. The van der Waals surface area contributed by atoms with Crippen LogP contribution in [0.4, 0.5) is 0 Å². The van der Waals surface area contributed by atoms with Crippen molar-refractivity contribution in [3.63, 3.8) is 0 Å². The van der Waals surface area contributed by atoms with E-state index in [-0.39, 0.29) is 24.7 Å². The van der Waals surface area contributed by atoms with Gasteiger partial charge in [0, 0.05) is 26.2 Å². The molecule has 2 saturated heterocycles. The van der Waals surface area contributed by atoms with Crippen molar-refractivity contribution in [1.82, 2.24) is 4.90 Å². The zero-order valence-corrected chi connectivity index (χ0v) is 10.2. The molecule has 0 aromatic carbocycles. The molecule has 2 rings (SSSR count). The van der Waals surface area contributed by atoms with Gasteiger partial charge in [-0.05, 0) is 31.6 Å². The number of carbonyl (C=O) groups excluding carboxylic acids is 1. The normalized spacial score (nSPS) is 33.3. The summed E-state index contributed by atoms with van der Waals surface area (Å²) in [7, 11) is 0. The van der Waals surface area contributed by atoms with Gasteiger partial charge in [0.2, 0.25) is 0 Å². The summed E-state index contributed by atoms with van der Waals surface area (Å²) in [5.41, 5.74) is 5.53. The predicted octanol–water partition coefficient (Wildman–Crippen LogP) is -0.276. The van der Waals surface area contributed by atoms with Gasteiger partial charge in [0.25, 0.3) is 5.91 Å². The summed E-state index contributed by atoms with van der Waals surface area (Å²) in [5.74, 6) is 0.567. The number of rotatable bonds is 4. The predicted molar refractivity (Wildman–Crippen MR) is 63.3 cm³/mol. The van der Waals surface area contributed by atoms with E-state index >= 15 is 0 Å². The Morgan fingerprint density at radius 3 is 2.88 bits per heavy atom. The third kappa shape index (κ3) is 2.97. The lowest BCUT2D eigenvalue weighted by Gasteiger charge is -2.20. The van der Waals surface area contributed by atoms with Crippen LogP contribution in [-0.2, 0) is 9.53 Å². The molecule has 3 unspecified atom stereocenters. The molecule has 0 radical (unpaired) electrons. The van der Waals surface area contributed by atoms with Crippen molar-refractivity contribution in [3.05, 3.63) is 0 Å². The highest BCUT2D eigenvalue weighted by Crippen LogP contribution is 2.25. The molecule has 0 spiro atoms. The fourth-order valence-electron chi connectivity index (χ4n) is 2.72. The molecule has 0 saturated carbocycles. The van der Waals surface area contributed by atoms with Crippen LogP contribution in [0.2, 0.25) is 0 Å². The van der Waals surface area contributed by atoms with Crippen molar-refractivity contribution in [1.29, 1.82) is 0 Å². The highest BCUT2D eigenvalue weighted by molar-refractivity contribution is 5.81. The van der Waals surface area contributed by atoms with Crippen LogP contribution in [0.3, 0.4) is 0 Å². The first kappa shape index (κ1) is 12.8. The number of amides is 1. The first-order valence-corrected chi connectivity index (χ1v) is 6.49. The fraction of sp³-hybridized carbons (Fsp3) is 0.917. The van der Waals surface area contributed by atoms with Crippen LogP contribution < -0.4 is 5.73 Å². The Labute approximate surface area is 102 Å². The van der Waals surface area contributed by atoms with E-state index in [2.05, 4.69) is 0 Å². The van der Waals surface area contributed by atoms with Gasteiger partial charge < -0.3 is 20.5 Å². The third-order valence-corrected chi connectivity index (χ3v) is 3.78. The Hall–Kier alpha value is -0.650. The van der Waals surface area contributed by atoms with Crippen molar-refractivity contribution >= 4 is 5.91 Å². The van der Waals surface area contributed by atoms with Gasteiger partial charge in [-0.15, -0.1) is 0 Å². The molecule has 2 heterocycles. The molecular formula is C12H22N2O3. The summed E-state index contributed by atoms with van der Waals surface area (Å²) in [4.78, 5) is 14.0. The van der Waals surface area contributed by atoms with E-state index in [0.29, 0.717) is 12.5 Å². The molecule has 1 amide bonds. The maximum Gasteiger partial charge on any atom is 0.251 e. The molecule has 2 aliphatic rings. The standard InChI is InChI=1S/C12H22N2O3/c13-7-10-1-2-11(17-10)12(16)14-5-3-9(8-14)4-6-15/h9-11,15H,1-8,13H2. The Balaban J connectivity index is 1.81. The summed E-state index contributed by atoms with van der Waals surface area (Å²) in [6.07, 6.45) is 3.25. The van der Waals surface area contributed by atoms with Crippen LogP contribution in [0, 0.1) is 5.92 Å². The van der Waals surface area contributed by atoms with Crippen molar-refractivity contribution in [2.45, 2.75) is 37.9 Å². The number of nitrogens with zero attached hydrogens (tertiary/aromatic N) is 1. The van der Waals surface area contributed by atoms with Crippen LogP contribution >= 0.6 is 0 Å². The molecule has 5 heteroatoms. The van der Waals surface area contributed by atoms with E-state index in [1.54, 1.807) is 0 Å². The summed E-state index contributed by atoms with van der Waals surface area (Å²) in [6.45, 7) is 2.28. The minimum Gasteiger partial charge on any atom is -0.396 e. The molecule has 3 atom stereocenters. The first-order chi connectivity index (χ1) is 8.24. The smallest absolute Gasteiger partial charge is 0.251 e. The molecule has 0 bridgehead atoms. The Bertz CT molecular complexity index is 272. The molecule has 5 nitrogen and oxygen atoms in total. The highest BCUT2D eigenvalue weighted by Gasteiger charge is 2.35. The Morgan fingerprint density at radius 1 is 1.41 bits per heavy atom. The molecule has 0 aliphatic carbocycles. The molecule has 0 aromatic heterocycles. The molecular weight excluding hydrogens is 220 g/mol. The second-order valence-corrected chi connectivity index (χ2v) is 5.01. The van der Waals surface area contributed by atoms with Gasteiger partial charge in [-0.3, -0.25) is 4.79 Å². The minimum atomic E-state index is -0.281. The van der Waals surface area contributed by atoms with Crippen molar-refractivity contribution < 1.29 is 14.6 Å². The van der Waals surface area contributed by atoms with Crippen molar-refractivity contribution in [2.24, 2.45) is 11.7 Å². The molecule has 2 fully saturated rings. The molecule has 98 valence electrons. The number of nitrogens with two attached hydrogens (primary N) is 1. The Morgan fingerprint density at radius 2 is 2.24 bits per heavy atom. The average Bonchev–Trinajstić information content (AvgIpc) is 2.97. The van der Waals surface area contributed by atoms with E-state index in [9.17, 15) is 4.79 Å². The lowest BCUT2D eigenvalue weighted by molar-refractivity contribution is -0.141. The highest BCUT2D eigenvalue weighted by atomic mass is 16.5. The third-order valence-electron chi connectivity index (χ3n) is 3.78. The zero-order chi connectivity index (χ0) is 12.3. The average molecular weight is 242 g/mol. The van der Waals surface area contributed by atoms with Crippen LogP contribution in [0.1, 0.15) is 25.7 Å². The van der Waals surface area contributed by atoms with Crippen LogP contribution in [0.25, 0.3) is 0 Å². The molecule has 2 aliphatic heterocycles. The van der Waals surface area contributed by atoms with Gasteiger partial charge >= 0.3 is 0 Å². The number of aliphatic hydroxyl groups excluding tert-OH is 1. The zero-order valence-electron chi connectivity index (χ0n) is 10.2. The topological polar surface area (TPSA) is 75.8 Å². The van der Waals surface area contributed by atoms with Crippen LogP contribution in [0.15, 0.2) is 0 Å². The lowest BCUT2D eigenvalue weighted by Crippen LogP contribution is -2.38. The van der Waals surface area contributed by atoms with E-state index in [4.69, 9.17) is 15.6 Å². The maximum absolute atomic E-state index is 12.2.